The number of aryl methyl sites for hydroxylation is 2. The van der Waals surface area contributed by atoms with Crippen molar-refractivity contribution < 1.29 is 22.7 Å². The second-order valence-corrected chi connectivity index (χ2v) is 12.3. The lowest BCUT2D eigenvalue weighted by atomic mass is 9.88. The maximum Gasteiger partial charge on any atom is 0.264 e. The Balaban J connectivity index is 1.62. The predicted molar refractivity (Wildman–Crippen MR) is 153 cm³/mol. The van der Waals surface area contributed by atoms with E-state index in [0.717, 1.165) is 22.5 Å². The first kappa shape index (κ1) is 27.6. The summed E-state index contributed by atoms with van der Waals surface area (Å²) >= 11 is 0. The third kappa shape index (κ3) is 4.68. The first-order valence-electron chi connectivity index (χ1n) is 13.2. The standard InChI is InChI=1S/C31H33N3O5S/c1-18(2)25-14-13-21(29(33-25)39-6)24-17-31(24,23-16-19(3)10-15-27(23)38-5)30(35)34-40(36,37)28-9-7-8-26-22(28)12-11-20(4)32-26/h7-16,18,24H,17H2,1-6H3,(H,34,35)/t24-,31-/m0/s1. The molecule has 4 aromatic rings. The van der Waals surface area contributed by atoms with Crippen LogP contribution in [0.4, 0.5) is 0 Å². The van der Waals surface area contributed by atoms with Crippen molar-refractivity contribution in [3.63, 3.8) is 0 Å². The molecule has 8 nitrogen and oxygen atoms in total. The zero-order valence-electron chi connectivity index (χ0n) is 23.5. The van der Waals surface area contributed by atoms with E-state index in [2.05, 4.69) is 14.7 Å². The van der Waals surface area contributed by atoms with Crippen LogP contribution in [0.1, 0.15) is 60.2 Å². The number of fused-ring (bicyclic) bond motifs is 1. The average molecular weight is 560 g/mol. The summed E-state index contributed by atoms with van der Waals surface area (Å²) in [6, 6.07) is 17.8. The SMILES string of the molecule is COc1ccc(C)cc1[C@@]1(C(=O)NS(=O)(=O)c2cccc3nc(C)ccc23)C[C@H]1c1ccc(C(C)C)nc1OC. The Labute approximate surface area is 234 Å². The van der Waals surface area contributed by atoms with Crippen LogP contribution in [0.2, 0.25) is 0 Å². The highest BCUT2D eigenvalue weighted by atomic mass is 32.2. The molecular weight excluding hydrogens is 526 g/mol. The molecule has 9 heteroatoms. The monoisotopic (exact) mass is 559 g/mol. The molecule has 1 aliphatic rings. The van der Waals surface area contributed by atoms with Crippen LogP contribution in [0.5, 0.6) is 11.6 Å². The third-order valence-corrected chi connectivity index (χ3v) is 9.01. The second kappa shape index (κ2) is 10.2. The van der Waals surface area contributed by atoms with Crippen molar-refractivity contribution >= 4 is 26.8 Å². The van der Waals surface area contributed by atoms with E-state index in [0.29, 0.717) is 34.5 Å². The number of benzene rings is 2. The van der Waals surface area contributed by atoms with Gasteiger partial charge in [0.05, 0.1) is 30.0 Å². The van der Waals surface area contributed by atoms with Gasteiger partial charge < -0.3 is 9.47 Å². The number of carbonyl (C=O) groups excluding carboxylic acids is 1. The average Bonchev–Trinajstić information content (AvgIpc) is 3.68. The van der Waals surface area contributed by atoms with E-state index in [-0.39, 0.29) is 16.7 Å². The quantitative estimate of drug-likeness (QED) is 0.311. The number of hydrogen-bond donors (Lipinski definition) is 1. The van der Waals surface area contributed by atoms with Crippen LogP contribution in [0.15, 0.2) is 65.6 Å². The minimum Gasteiger partial charge on any atom is -0.496 e. The number of methoxy groups -OCH3 is 2. The van der Waals surface area contributed by atoms with E-state index in [1.165, 1.54) is 6.07 Å². The Morgan fingerprint density at radius 3 is 2.48 bits per heavy atom. The number of rotatable bonds is 8. The number of ether oxygens (including phenoxy) is 2. The number of amides is 1. The Bertz CT molecular complexity index is 1730. The molecule has 1 aliphatic carbocycles. The highest BCUT2D eigenvalue weighted by molar-refractivity contribution is 7.90. The van der Waals surface area contributed by atoms with E-state index in [1.807, 2.05) is 52.0 Å². The van der Waals surface area contributed by atoms with Gasteiger partial charge >= 0.3 is 0 Å². The molecule has 208 valence electrons. The normalized spacial score (nSPS) is 18.5. The van der Waals surface area contributed by atoms with Gasteiger partial charge in [-0.2, -0.15) is 0 Å². The summed E-state index contributed by atoms with van der Waals surface area (Å²) in [5.41, 5.74) is 3.25. The fourth-order valence-electron chi connectivity index (χ4n) is 5.43. The number of nitrogens with zero attached hydrogens (tertiary/aromatic N) is 2. The summed E-state index contributed by atoms with van der Waals surface area (Å²) < 4.78 is 41.2. The molecule has 0 unspecified atom stereocenters. The van der Waals surface area contributed by atoms with Crippen molar-refractivity contribution in [2.75, 3.05) is 14.2 Å². The molecule has 0 saturated heterocycles. The first-order chi connectivity index (χ1) is 19.0. The van der Waals surface area contributed by atoms with Crippen molar-refractivity contribution in [3.8, 4) is 11.6 Å². The van der Waals surface area contributed by atoms with Crippen LogP contribution in [-0.4, -0.2) is 38.5 Å². The van der Waals surface area contributed by atoms with E-state index < -0.39 is 21.3 Å². The Morgan fingerprint density at radius 2 is 1.77 bits per heavy atom. The highest BCUT2D eigenvalue weighted by Gasteiger charge is 2.64. The van der Waals surface area contributed by atoms with E-state index >= 15 is 0 Å². The number of carbonyl (C=O) groups is 1. The molecule has 2 aromatic heterocycles. The van der Waals surface area contributed by atoms with Gasteiger partial charge in [0, 0.05) is 33.8 Å². The number of sulfonamides is 1. The Kier molecular flexibility index (Phi) is 7.04. The predicted octanol–water partition coefficient (Wildman–Crippen LogP) is 5.32. The number of nitrogens with one attached hydrogen (secondary N) is 1. The number of aromatic nitrogens is 2. The van der Waals surface area contributed by atoms with Gasteiger partial charge in [-0.3, -0.25) is 9.78 Å². The van der Waals surface area contributed by atoms with Crippen LogP contribution in [0.25, 0.3) is 10.9 Å². The molecule has 1 saturated carbocycles. The molecular formula is C31H33N3O5S. The van der Waals surface area contributed by atoms with Crippen LogP contribution in [0, 0.1) is 13.8 Å². The smallest absolute Gasteiger partial charge is 0.264 e. The maximum absolute atomic E-state index is 14.2. The number of pyridine rings is 2. The first-order valence-corrected chi connectivity index (χ1v) is 14.6. The maximum atomic E-state index is 14.2. The molecule has 1 N–H and O–H groups in total. The minimum atomic E-state index is -4.25. The minimum absolute atomic E-state index is 0.00468. The van der Waals surface area contributed by atoms with Gasteiger partial charge in [0.1, 0.15) is 5.75 Å². The summed E-state index contributed by atoms with van der Waals surface area (Å²) in [6.45, 7) is 7.85. The second-order valence-electron chi connectivity index (χ2n) is 10.6. The Morgan fingerprint density at radius 1 is 1.00 bits per heavy atom. The van der Waals surface area contributed by atoms with E-state index in [4.69, 9.17) is 9.47 Å². The zero-order valence-corrected chi connectivity index (χ0v) is 24.3. The molecule has 1 amide bonds. The molecule has 2 aromatic carbocycles. The molecule has 5 rings (SSSR count). The van der Waals surface area contributed by atoms with Crippen molar-refractivity contribution in [2.45, 2.75) is 56.3 Å². The summed E-state index contributed by atoms with van der Waals surface area (Å²) in [5, 5.41) is 0.443. The van der Waals surface area contributed by atoms with Crippen LogP contribution >= 0.6 is 0 Å². The lowest BCUT2D eigenvalue weighted by Gasteiger charge is -2.22. The van der Waals surface area contributed by atoms with Crippen molar-refractivity contribution in [3.05, 3.63) is 88.7 Å². The largest absolute Gasteiger partial charge is 0.496 e. The summed E-state index contributed by atoms with van der Waals surface area (Å²) in [4.78, 5) is 23.3. The fraction of sp³-hybridized carbons (Fsp3) is 0.323. The van der Waals surface area contributed by atoms with Gasteiger partial charge in [-0.15, -0.1) is 0 Å². The zero-order chi connectivity index (χ0) is 28.8. The third-order valence-electron chi connectivity index (χ3n) is 7.62. The van der Waals surface area contributed by atoms with Crippen molar-refractivity contribution in [1.29, 1.82) is 0 Å². The van der Waals surface area contributed by atoms with Gasteiger partial charge in [-0.05, 0) is 62.6 Å². The molecule has 1 fully saturated rings. The molecule has 0 aliphatic heterocycles. The summed E-state index contributed by atoms with van der Waals surface area (Å²) in [6.07, 6.45) is 0.365. The molecule has 0 spiro atoms. The molecule has 0 radical (unpaired) electrons. The van der Waals surface area contributed by atoms with Crippen LogP contribution < -0.4 is 14.2 Å². The van der Waals surface area contributed by atoms with Gasteiger partial charge in [-0.1, -0.05) is 43.7 Å². The van der Waals surface area contributed by atoms with E-state index in [1.54, 1.807) is 44.6 Å². The van der Waals surface area contributed by atoms with E-state index in [9.17, 15) is 13.2 Å². The number of hydrogen-bond acceptors (Lipinski definition) is 7. The van der Waals surface area contributed by atoms with Gasteiger partial charge in [0.15, 0.2) is 0 Å². The Hall–Kier alpha value is -3.98. The van der Waals surface area contributed by atoms with Crippen LogP contribution in [0.3, 0.4) is 0 Å². The van der Waals surface area contributed by atoms with Gasteiger partial charge in [0.2, 0.25) is 11.8 Å². The summed E-state index contributed by atoms with van der Waals surface area (Å²) in [5.74, 6) is 0.121. The van der Waals surface area contributed by atoms with Crippen molar-refractivity contribution in [2.24, 2.45) is 0 Å². The molecule has 2 heterocycles. The molecule has 0 bridgehead atoms. The molecule has 40 heavy (non-hydrogen) atoms. The van der Waals surface area contributed by atoms with Gasteiger partial charge in [0.25, 0.3) is 10.0 Å². The fourth-order valence-corrected chi connectivity index (χ4v) is 6.68. The lowest BCUT2D eigenvalue weighted by Crippen LogP contribution is -2.40. The summed E-state index contributed by atoms with van der Waals surface area (Å²) in [7, 11) is -1.16. The van der Waals surface area contributed by atoms with Crippen molar-refractivity contribution in [1.82, 2.24) is 14.7 Å². The lowest BCUT2D eigenvalue weighted by molar-refractivity contribution is -0.122. The highest BCUT2D eigenvalue weighted by Crippen LogP contribution is 2.64. The van der Waals surface area contributed by atoms with Crippen LogP contribution in [-0.2, 0) is 20.2 Å². The van der Waals surface area contributed by atoms with Gasteiger partial charge in [-0.25, -0.2) is 18.1 Å². The molecule has 2 atom stereocenters. The topological polar surface area (TPSA) is 107 Å².